The minimum atomic E-state index is 0.633. The first-order chi connectivity index (χ1) is 5.16. The molecular formula is C7H17N3O. The fourth-order valence-electron chi connectivity index (χ4n) is 0.655. The number of aliphatic imine (C=N–C) groups is 1. The molecule has 0 spiro atoms. The Morgan fingerprint density at radius 1 is 1.55 bits per heavy atom. The average Bonchev–Trinajstić information content (AvgIpc) is 1.86. The number of nitrogens with zero attached hydrogens (tertiary/aromatic N) is 2. The van der Waals surface area contributed by atoms with Gasteiger partial charge in [-0.3, -0.25) is 4.99 Å². The van der Waals surface area contributed by atoms with E-state index in [2.05, 4.69) is 4.99 Å². The second-order valence-electron chi connectivity index (χ2n) is 2.60. The van der Waals surface area contributed by atoms with Crippen LogP contribution in [0.4, 0.5) is 0 Å². The van der Waals surface area contributed by atoms with Crippen molar-refractivity contribution >= 4 is 5.84 Å². The monoisotopic (exact) mass is 159 g/mol. The van der Waals surface area contributed by atoms with E-state index in [1.165, 1.54) is 0 Å². The summed E-state index contributed by atoms with van der Waals surface area (Å²) < 4.78 is 4.82. The first-order valence-electron chi connectivity index (χ1n) is 3.59. The number of likely N-dealkylation sites (N-methyl/N-ethyl adjacent to an activating group) is 1. The van der Waals surface area contributed by atoms with Gasteiger partial charge in [-0.1, -0.05) is 0 Å². The third-order valence-corrected chi connectivity index (χ3v) is 1.09. The van der Waals surface area contributed by atoms with E-state index in [0.717, 1.165) is 0 Å². The zero-order valence-corrected chi connectivity index (χ0v) is 7.50. The van der Waals surface area contributed by atoms with Gasteiger partial charge in [-0.2, -0.15) is 0 Å². The Morgan fingerprint density at radius 2 is 2.18 bits per heavy atom. The lowest BCUT2D eigenvalue weighted by atomic mass is 10.5. The van der Waals surface area contributed by atoms with Crippen LogP contribution >= 0.6 is 0 Å². The number of hydrogen-bond donors (Lipinski definition) is 1. The molecule has 0 aromatic heterocycles. The van der Waals surface area contributed by atoms with Gasteiger partial charge in [0.2, 0.25) is 0 Å². The van der Waals surface area contributed by atoms with Crippen molar-refractivity contribution in [2.75, 3.05) is 40.9 Å². The van der Waals surface area contributed by atoms with Crippen molar-refractivity contribution in [2.45, 2.75) is 0 Å². The number of nitrogens with two attached hydrogens (primary N) is 1. The third-order valence-electron chi connectivity index (χ3n) is 1.09. The van der Waals surface area contributed by atoms with Crippen LogP contribution < -0.4 is 5.73 Å². The molecule has 2 N–H and O–H groups in total. The molecular weight excluding hydrogens is 142 g/mol. The molecule has 0 saturated heterocycles. The van der Waals surface area contributed by atoms with Gasteiger partial charge in [0.1, 0.15) is 5.84 Å². The lowest BCUT2D eigenvalue weighted by molar-refractivity contribution is 0.208. The van der Waals surface area contributed by atoms with Crippen LogP contribution in [0.2, 0.25) is 0 Å². The smallest absolute Gasteiger partial charge is 0.108 e. The Morgan fingerprint density at radius 3 is 2.64 bits per heavy atom. The van der Waals surface area contributed by atoms with Crippen molar-refractivity contribution in [1.29, 1.82) is 0 Å². The Bertz CT molecular complexity index is 123. The Hall–Kier alpha value is -0.610. The number of amidine groups is 1. The molecule has 4 nitrogen and oxygen atoms in total. The van der Waals surface area contributed by atoms with Gasteiger partial charge in [0, 0.05) is 7.11 Å². The summed E-state index contributed by atoms with van der Waals surface area (Å²) in [6.07, 6.45) is 0. The predicted molar refractivity (Wildman–Crippen MR) is 46.9 cm³/mol. The molecule has 0 heterocycles. The van der Waals surface area contributed by atoms with Crippen molar-refractivity contribution in [3.05, 3.63) is 0 Å². The van der Waals surface area contributed by atoms with Gasteiger partial charge in [0.25, 0.3) is 0 Å². The molecule has 66 valence electrons. The van der Waals surface area contributed by atoms with Crippen LogP contribution in [0.25, 0.3) is 0 Å². The molecule has 0 fully saturated rings. The van der Waals surface area contributed by atoms with Gasteiger partial charge >= 0.3 is 0 Å². The van der Waals surface area contributed by atoms with E-state index in [4.69, 9.17) is 10.5 Å². The van der Waals surface area contributed by atoms with E-state index in [-0.39, 0.29) is 0 Å². The molecule has 11 heavy (non-hydrogen) atoms. The molecule has 0 amide bonds. The van der Waals surface area contributed by atoms with Gasteiger partial charge < -0.3 is 15.4 Å². The minimum Gasteiger partial charge on any atom is -0.386 e. The van der Waals surface area contributed by atoms with Gasteiger partial charge in [0.05, 0.1) is 19.7 Å². The van der Waals surface area contributed by atoms with Crippen LogP contribution in [0, 0.1) is 0 Å². The number of rotatable bonds is 5. The Labute approximate surface area is 68.0 Å². The van der Waals surface area contributed by atoms with Gasteiger partial charge in [-0.25, -0.2) is 0 Å². The van der Waals surface area contributed by atoms with Gasteiger partial charge in [-0.15, -0.1) is 0 Å². The van der Waals surface area contributed by atoms with E-state index < -0.39 is 0 Å². The summed E-state index contributed by atoms with van der Waals surface area (Å²) in [6.45, 7) is 1.99. The topological polar surface area (TPSA) is 50.9 Å². The first kappa shape index (κ1) is 10.4. The standard InChI is InChI=1S/C7H17N3O/c1-10(2)6-7(8)9-4-5-11-3/h4-6H2,1-3H3,(H2,8,9). The molecule has 4 heteroatoms. The fourth-order valence-corrected chi connectivity index (χ4v) is 0.655. The second-order valence-corrected chi connectivity index (χ2v) is 2.60. The molecule has 0 aromatic rings. The summed E-state index contributed by atoms with van der Waals surface area (Å²) in [5.41, 5.74) is 5.57. The van der Waals surface area contributed by atoms with Gasteiger partial charge in [0.15, 0.2) is 0 Å². The molecule has 0 unspecified atom stereocenters. The molecule has 0 radical (unpaired) electrons. The maximum Gasteiger partial charge on any atom is 0.108 e. The van der Waals surface area contributed by atoms with E-state index in [0.29, 0.717) is 25.5 Å². The molecule has 0 saturated carbocycles. The first-order valence-corrected chi connectivity index (χ1v) is 3.59. The zero-order valence-electron chi connectivity index (χ0n) is 7.50. The number of hydrogen-bond acceptors (Lipinski definition) is 3. The van der Waals surface area contributed by atoms with Crippen LogP contribution in [0.15, 0.2) is 4.99 Å². The average molecular weight is 159 g/mol. The third kappa shape index (κ3) is 7.29. The zero-order chi connectivity index (χ0) is 8.69. The molecule has 0 aromatic carbocycles. The highest BCUT2D eigenvalue weighted by Gasteiger charge is 1.92. The van der Waals surface area contributed by atoms with Crippen molar-refractivity contribution in [3.63, 3.8) is 0 Å². The lowest BCUT2D eigenvalue weighted by Crippen LogP contribution is -2.28. The number of methoxy groups -OCH3 is 1. The van der Waals surface area contributed by atoms with Crippen LogP contribution in [-0.4, -0.2) is 51.6 Å². The highest BCUT2D eigenvalue weighted by Crippen LogP contribution is 1.77. The Balaban J connectivity index is 3.46. The largest absolute Gasteiger partial charge is 0.386 e. The molecule has 0 aliphatic rings. The van der Waals surface area contributed by atoms with E-state index in [1.54, 1.807) is 7.11 Å². The maximum absolute atomic E-state index is 5.57. The van der Waals surface area contributed by atoms with Crippen LogP contribution in [0.5, 0.6) is 0 Å². The van der Waals surface area contributed by atoms with E-state index in [9.17, 15) is 0 Å². The maximum atomic E-state index is 5.57. The summed E-state index contributed by atoms with van der Waals surface area (Å²) in [6, 6.07) is 0. The van der Waals surface area contributed by atoms with E-state index >= 15 is 0 Å². The highest BCUT2D eigenvalue weighted by molar-refractivity contribution is 5.82. The molecule has 0 atom stereocenters. The molecule has 0 aliphatic carbocycles. The normalized spacial score (nSPS) is 12.5. The van der Waals surface area contributed by atoms with Crippen LogP contribution in [-0.2, 0) is 4.74 Å². The summed E-state index contributed by atoms with van der Waals surface area (Å²) in [7, 11) is 5.56. The van der Waals surface area contributed by atoms with Crippen molar-refractivity contribution < 1.29 is 4.74 Å². The fraction of sp³-hybridized carbons (Fsp3) is 0.857. The molecule has 0 rings (SSSR count). The van der Waals surface area contributed by atoms with Crippen LogP contribution in [0.1, 0.15) is 0 Å². The van der Waals surface area contributed by atoms with Crippen molar-refractivity contribution in [1.82, 2.24) is 4.90 Å². The SMILES string of the molecule is COCCN=C(N)CN(C)C. The predicted octanol–water partition coefficient (Wildman–Crippen LogP) is -0.448. The lowest BCUT2D eigenvalue weighted by Gasteiger charge is -2.07. The Kier molecular flexibility index (Phi) is 5.78. The van der Waals surface area contributed by atoms with Gasteiger partial charge in [-0.05, 0) is 14.1 Å². The highest BCUT2D eigenvalue weighted by atomic mass is 16.5. The van der Waals surface area contributed by atoms with Crippen LogP contribution in [0.3, 0.4) is 0 Å². The van der Waals surface area contributed by atoms with Crippen molar-refractivity contribution in [3.8, 4) is 0 Å². The molecule has 0 aliphatic heterocycles. The molecule has 0 bridgehead atoms. The minimum absolute atomic E-state index is 0.633. The summed E-state index contributed by atoms with van der Waals surface area (Å²) >= 11 is 0. The quantitative estimate of drug-likeness (QED) is 0.336. The summed E-state index contributed by atoms with van der Waals surface area (Å²) in [5, 5.41) is 0. The summed E-state index contributed by atoms with van der Waals surface area (Å²) in [4.78, 5) is 6.06. The summed E-state index contributed by atoms with van der Waals surface area (Å²) in [5.74, 6) is 0.659. The van der Waals surface area contributed by atoms with E-state index in [1.807, 2.05) is 19.0 Å². The number of ether oxygens (including phenoxy) is 1. The van der Waals surface area contributed by atoms with Crippen molar-refractivity contribution in [2.24, 2.45) is 10.7 Å². The second kappa shape index (κ2) is 6.12.